The second-order valence-corrected chi connectivity index (χ2v) is 5.69. The van der Waals surface area contributed by atoms with Crippen LogP contribution in [0.15, 0.2) is 46.2 Å². The highest BCUT2D eigenvalue weighted by molar-refractivity contribution is 7.99. The van der Waals surface area contributed by atoms with E-state index >= 15 is 0 Å². The molecule has 2 rings (SSSR count). The van der Waals surface area contributed by atoms with E-state index < -0.39 is 4.92 Å². The summed E-state index contributed by atoms with van der Waals surface area (Å²) in [6, 6.07) is 9.36. The fourth-order valence-electron chi connectivity index (χ4n) is 1.63. The maximum absolute atomic E-state index is 11.0. The summed E-state index contributed by atoms with van der Waals surface area (Å²) in [4.78, 5) is 22.1. The standard InChI is InChI=1S/C13H8Cl2N2O3S/c14-8-5-6-9(15)13(12(8)16-7-18)21-11-4-2-1-3-10(11)17(19)20/h1-7H,(H,16,18). The first kappa shape index (κ1) is 15.6. The van der Waals surface area contributed by atoms with E-state index in [1.54, 1.807) is 30.3 Å². The summed E-state index contributed by atoms with van der Waals surface area (Å²) < 4.78 is 0. The fraction of sp³-hybridized carbons (Fsp3) is 0. The average Bonchev–Trinajstić information content (AvgIpc) is 2.47. The molecule has 1 amide bonds. The molecule has 108 valence electrons. The van der Waals surface area contributed by atoms with Crippen LogP contribution in [0, 0.1) is 10.1 Å². The molecule has 0 aliphatic rings. The molecule has 1 N–H and O–H groups in total. The van der Waals surface area contributed by atoms with E-state index in [-0.39, 0.29) is 5.69 Å². The Kier molecular flexibility index (Phi) is 5.06. The van der Waals surface area contributed by atoms with Gasteiger partial charge in [0.2, 0.25) is 6.41 Å². The number of benzene rings is 2. The summed E-state index contributed by atoms with van der Waals surface area (Å²) >= 11 is 13.2. The Morgan fingerprint density at radius 3 is 2.48 bits per heavy atom. The van der Waals surface area contributed by atoms with Gasteiger partial charge in [0, 0.05) is 6.07 Å². The highest BCUT2D eigenvalue weighted by Crippen LogP contribution is 2.44. The van der Waals surface area contributed by atoms with E-state index in [2.05, 4.69) is 5.32 Å². The second kappa shape index (κ2) is 6.80. The third-order valence-electron chi connectivity index (χ3n) is 2.54. The molecule has 2 aromatic carbocycles. The first-order valence-electron chi connectivity index (χ1n) is 5.64. The third kappa shape index (κ3) is 3.47. The molecule has 0 radical (unpaired) electrons. The van der Waals surface area contributed by atoms with Crippen LogP contribution in [0.1, 0.15) is 0 Å². The molecule has 21 heavy (non-hydrogen) atoms. The molecule has 0 aliphatic heterocycles. The Morgan fingerprint density at radius 2 is 1.81 bits per heavy atom. The van der Waals surface area contributed by atoms with Crippen LogP contribution in [0.4, 0.5) is 11.4 Å². The highest BCUT2D eigenvalue weighted by atomic mass is 35.5. The predicted molar refractivity (Wildman–Crippen MR) is 83.4 cm³/mol. The zero-order valence-corrected chi connectivity index (χ0v) is 12.7. The molecular formula is C13H8Cl2N2O3S. The van der Waals surface area contributed by atoms with Gasteiger partial charge in [0.1, 0.15) is 0 Å². The van der Waals surface area contributed by atoms with Crippen molar-refractivity contribution >= 4 is 52.7 Å². The van der Waals surface area contributed by atoms with Crippen LogP contribution < -0.4 is 5.32 Å². The number of nitrogens with zero attached hydrogens (tertiary/aromatic N) is 1. The van der Waals surface area contributed by atoms with Crippen molar-refractivity contribution in [1.29, 1.82) is 0 Å². The van der Waals surface area contributed by atoms with Gasteiger partial charge in [-0.1, -0.05) is 47.1 Å². The zero-order chi connectivity index (χ0) is 15.4. The topological polar surface area (TPSA) is 72.2 Å². The van der Waals surface area contributed by atoms with E-state index in [1.807, 2.05) is 0 Å². The van der Waals surface area contributed by atoms with Gasteiger partial charge in [-0.05, 0) is 18.2 Å². The molecule has 0 heterocycles. The number of carbonyl (C=O) groups is 1. The zero-order valence-electron chi connectivity index (χ0n) is 10.4. The summed E-state index contributed by atoms with van der Waals surface area (Å²) in [7, 11) is 0. The van der Waals surface area contributed by atoms with Gasteiger partial charge in [0.15, 0.2) is 0 Å². The molecule has 5 nitrogen and oxygen atoms in total. The summed E-state index contributed by atoms with van der Waals surface area (Å²) in [6.07, 6.45) is 0.473. The minimum atomic E-state index is -0.479. The summed E-state index contributed by atoms with van der Waals surface area (Å²) in [5.74, 6) is 0. The number of carbonyl (C=O) groups excluding carboxylic acids is 1. The quantitative estimate of drug-likeness (QED) is 0.488. The Labute approximate surface area is 134 Å². The molecule has 0 aliphatic carbocycles. The number of halogens is 2. The SMILES string of the molecule is O=CNc1c(Cl)ccc(Cl)c1Sc1ccccc1[N+](=O)[O-]. The molecule has 2 aromatic rings. The van der Waals surface area contributed by atoms with Crippen LogP contribution >= 0.6 is 35.0 Å². The summed E-state index contributed by atoms with van der Waals surface area (Å²) in [5, 5.41) is 14.1. The second-order valence-electron chi connectivity index (χ2n) is 3.82. The monoisotopic (exact) mass is 342 g/mol. The third-order valence-corrected chi connectivity index (χ3v) is 4.47. The molecular weight excluding hydrogens is 335 g/mol. The van der Waals surface area contributed by atoms with E-state index in [4.69, 9.17) is 23.2 Å². The molecule has 0 spiro atoms. The number of nitro benzene ring substituents is 1. The van der Waals surface area contributed by atoms with E-state index in [1.165, 1.54) is 6.07 Å². The fourth-order valence-corrected chi connectivity index (χ4v) is 3.22. The number of para-hydroxylation sites is 1. The highest BCUT2D eigenvalue weighted by Gasteiger charge is 2.18. The van der Waals surface area contributed by atoms with Crippen LogP contribution in [0.3, 0.4) is 0 Å². The van der Waals surface area contributed by atoms with E-state index in [0.717, 1.165) is 11.8 Å². The minimum Gasteiger partial charge on any atom is -0.326 e. The maximum Gasteiger partial charge on any atom is 0.283 e. The van der Waals surface area contributed by atoms with E-state index in [0.29, 0.717) is 31.9 Å². The first-order chi connectivity index (χ1) is 10.0. The van der Waals surface area contributed by atoms with E-state index in [9.17, 15) is 14.9 Å². The lowest BCUT2D eigenvalue weighted by atomic mass is 10.3. The number of nitrogens with one attached hydrogen (secondary N) is 1. The van der Waals surface area contributed by atoms with Crippen molar-refractivity contribution in [2.75, 3.05) is 5.32 Å². The smallest absolute Gasteiger partial charge is 0.283 e. The van der Waals surface area contributed by atoms with Gasteiger partial charge < -0.3 is 5.32 Å². The average molecular weight is 343 g/mol. The van der Waals surface area contributed by atoms with Gasteiger partial charge in [0.25, 0.3) is 5.69 Å². The van der Waals surface area contributed by atoms with Gasteiger partial charge in [-0.15, -0.1) is 0 Å². The Morgan fingerprint density at radius 1 is 1.14 bits per heavy atom. The number of rotatable bonds is 5. The minimum absolute atomic E-state index is 0.0457. The van der Waals surface area contributed by atoms with Crippen molar-refractivity contribution in [3.05, 3.63) is 56.6 Å². The van der Waals surface area contributed by atoms with Crippen LogP contribution in [0.25, 0.3) is 0 Å². The molecule has 8 heteroatoms. The van der Waals surface area contributed by atoms with Crippen molar-refractivity contribution in [2.45, 2.75) is 9.79 Å². The number of nitro groups is 1. The Bertz CT molecular complexity index is 710. The number of amides is 1. The largest absolute Gasteiger partial charge is 0.326 e. The first-order valence-corrected chi connectivity index (χ1v) is 7.21. The number of hydrogen-bond donors (Lipinski definition) is 1. The van der Waals surface area contributed by atoms with Crippen LogP contribution in [0.5, 0.6) is 0 Å². The number of anilines is 1. The summed E-state index contributed by atoms with van der Waals surface area (Å²) in [5.41, 5.74) is 0.276. The molecule has 0 aromatic heterocycles. The van der Waals surface area contributed by atoms with Gasteiger partial charge in [-0.25, -0.2) is 0 Å². The van der Waals surface area contributed by atoms with Crippen molar-refractivity contribution in [1.82, 2.24) is 0 Å². The lowest BCUT2D eigenvalue weighted by Crippen LogP contribution is -1.98. The maximum atomic E-state index is 11.0. The number of hydrogen-bond acceptors (Lipinski definition) is 4. The van der Waals surface area contributed by atoms with Crippen molar-refractivity contribution in [3.8, 4) is 0 Å². The predicted octanol–water partition coefficient (Wildman–Crippen LogP) is 4.62. The van der Waals surface area contributed by atoms with Gasteiger partial charge in [0.05, 0.1) is 30.4 Å². The lowest BCUT2D eigenvalue weighted by Gasteiger charge is -2.12. The van der Waals surface area contributed by atoms with Crippen LogP contribution in [-0.2, 0) is 4.79 Å². The molecule has 0 bridgehead atoms. The molecule has 0 saturated carbocycles. The van der Waals surface area contributed by atoms with Crippen molar-refractivity contribution in [3.63, 3.8) is 0 Å². The molecule has 0 atom stereocenters. The van der Waals surface area contributed by atoms with Crippen molar-refractivity contribution in [2.24, 2.45) is 0 Å². The summed E-state index contributed by atoms with van der Waals surface area (Å²) in [6.45, 7) is 0. The van der Waals surface area contributed by atoms with Gasteiger partial charge in [-0.3, -0.25) is 14.9 Å². The van der Waals surface area contributed by atoms with Gasteiger partial charge >= 0.3 is 0 Å². The van der Waals surface area contributed by atoms with Crippen molar-refractivity contribution < 1.29 is 9.72 Å². The molecule has 0 saturated heterocycles. The Balaban J connectivity index is 2.51. The van der Waals surface area contributed by atoms with Crippen LogP contribution in [0.2, 0.25) is 10.0 Å². The Hall–Kier alpha value is -1.76. The molecule has 0 unspecified atom stereocenters. The molecule has 0 fully saturated rings. The van der Waals surface area contributed by atoms with Crippen LogP contribution in [-0.4, -0.2) is 11.3 Å². The lowest BCUT2D eigenvalue weighted by molar-refractivity contribution is -0.387. The van der Waals surface area contributed by atoms with Gasteiger partial charge in [-0.2, -0.15) is 0 Å². The normalized spacial score (nSPS) is 10.2.